The van der Waals surface area contributed by atoms with E-state index in [0.29, 0.717) is 31.9 Å². The molecule has 1 aromatic carbocycles. The number of hydrogen-bond acceptors (Lipinski definition) is 5. The number of fused-ring (bicyclic) bond motifs is 1. The van der Waals surface area contributed by atoms with Crippen LogP contribution in [0.5, 0.6) is 0 Å². The van der Waals surface area contributed by atoms with Crippen molar-refractivity contribution >= 4 is 22.0 Å². The first kappa shape index (κ1) is 13.5. The minimum atomic E-state index is -3.51. The second kappa shape index (κ2) is 5.51. The lowest BCUT2D eigenvalue weighted by molar-refractivity contribution is -0.180. The number of nitrogens with zero attached hydrogens (tertiary/aromatic N) is 2. The number of benzene rings is 1. The number of para-hydroxylation sites is 1. The summed E-state index contributed by atoms with van der Waals surface area (Å²) in [7, 11) is -3.51. The molecule has 2 aliphatic heterocycles. The molecular formula is C13H16N2O4S. The summed E-state index contributed by atoms with van der Waals surface area (Å²) in [6.45, 7) is 1.62. The number of rotatable bonds is 3. The summed E-state index contributed by atoms with van der Waals surface area (Å²) in [6, 6.07) is 6.73. The van der Waals surface area contributed by atoms with Gasteiger partial charge < -0.3 is 9.47 Å². The third-order valence-electron chi connectivity index (χ3n) is 3.26. The van der Waals surface area contributed by atoms with Crippen molar-refractivity contribution in [2.75, 3.05) is 19.8 Å². The smallest absolute Gasteiger partial charge is 0.267 e. The molecule has 0 amide bonds. The summed E-state index contributed by atoms with van der Waals surface area (Å²) in [5, 5.41) is 0. The second-order valence-electron chi connectivity index (χ2n) is 4.64. The average Bonchev–Trinajstić information content (AvgIpc) is 2.48. The van der Waals surface area contributed by atoms with Crippen LogP contribution in [-0.4, -0.2) is 45.1 Å². The van der Waals surface area contributed by atoms with Gasteiger partial charge in [0.25, 0.3) is 10.0 Å². The average molecular weight is 296 g/mol. The Morgan fingerprint density at radius 2 is 2.00 bits per heavy atom. The van der Waals surface area contributed by atoms with E-state index >= 15 is 0 Å². The number of hydrogen-bond donors (Lipinski definition) is 0. The lowest BCUT2D eigenvalue weighted by Crippen LogP contribution is -2.36. The fourth-order valence-electron chi connectivity index (χ4n) is 2.21. The van der Waals surface area contributed by atoms with Crippen LogP contribution in [-0.2, 0) is 19.5 Å². The monoisotopic (exact) mass is 296 g/mol. The molecule has 2 aliphatic rings. The number of ether oxygens (including phenoxy) is 2. The molecule has 0 aliphatic carbocycles. The van der Waals surface area contributed by atoms with E-state index in [-0.39, 0.29) is 11.2 Å². The predicted octanol–water partition coefficient (Wildman–Crippen LogP) is 1.50. The van der Waals surface area contributed by atoms with Crippen molar-refractivity contribution in [2.45, 2.75) is 24.0 Å². The first-order valence-electron chi connectivity index (χ1n) is 6.56. The second-order valence-corrected chi connectivity index (χ2v) is 6.50. The van der Waals surface area contributed by atoms with Gasteiger partial charge in [0.2, 0.25) is 0 Å². The molecule has 0 atom stereocenters. The van der Waals surface area contributed by atoms with Gasteiger partial charge in [-0.15, -0.1) is 0 Å². The minimum Gasteiger partial charge on any atom is -0.353 e. The van der Waals surface area contributed by atoms with Crippen molar-refractivity contribution in [3.8, 4) is 0 Å². The molecule has 0 N–H and O–H groups in total. The SMILES string of the molecule is O=S1(=O)c2ccccc2N=CN1CCC1OCCCO1. The van der Waals surface area contributed by atoms with E-state index in [2.05, 4.69) is 4.99 Å². The molecule has 0 unspecified atom stereocenters. The first-order valence-corrected chi connectivity index (χ1v) is 8.00. The Hall–Kier alpha value is -1.44. The molecule has 0 aromatic heterocycles. The molecular weight excluding hydrogens is 280 g/mol. The van der Waals surface area contributed by atoms with Crippen molar-refractivity contribution in [2.24, 2.45) is 4.99 Å². The van der Waals surface area contributed by atoms with Crippen LogP contribution in [0.4, 0.5) is 5.69 Å². The van der Waals surface area contributed by atoms with Crippen LogP contribution in [0, 0.1) is 0 Å². The van der Waals surface area contributed by atoms with Crippen molar-refractivity contribution < 1.29 is 17.9 Å². The van der Waals surface area contributed by atoms with E-state index in [1.54, 1.807) is 24.3 Å². The van der Waals surface area contributed by atoms with Crippen molar-refractivity contribution in [3.05, 3.63) is 24.3 Å². The third-order valence-corrected chi connectivity index (χ3v) is 5.05. The third kappa shape index (κ3) is 2.56. The maximum absolute atomic E-state index is 12.4. The highest BCUT2D eigenvalue weighted by Crippen LogP contribution is 2.30. The van der Waals surface area contributed by atoms with Gasteiger partial charge in [0.05, 0.1) is 18.9 Å². The molecule has 1 fully saturated rings. The molecule has 0 bridgehead atoms. The predicted molar refractivity (Wildman–Crippen MR) is 73.4 cm³/mol. The van der Waals surface area contributed by atoms with Crippen LogP contribution in [0.15, 0.2) is 34.2 Å². The van der Waals surface area contributed by atoms with Crippen LogP contribution < -0.4 is 0 Å². The molecule has 3 rings (SSSR count). The van der Waals surface area contributed by atoms with E-state index in [1.807, 2.05) is 0 Å². The van der Waals surface area contributed by atoms with Crippen LogP contribution in [0.3, 0.4) is 0 Å². The topological polar surface area (TPSA) is 68.2 Å². The molecule has 7 heteroatoms. The summed E-state index contributed by atoms with van der Waals surface area (Å²) in [4.78, 5) is 4.42. The van der Waals surface area contributed by atoms with Crippen LogP contribution in [0.25, 0.3) is 0 Å². The Kier molecular flexibility index (Phi) is 3.73. The van der Waals surface area contributed by atoms with E-state index in [9.17, 15) is 8.42 Å². The fraction of sp³-hybridized carbons (Fsp3) is 0.462. The molecule has 2 heterocycles. The summed E-state index contributed by atoms with van der Waals surface area (Å²) < 4.78 is 36.9. The van der Waals surface area contributed by atoms with E-state index in [1.165, 1.54) is 10.6 Å². The summed E-state index contributed by atoms with van der Waals surface area (Å²) in [5.41, 5.74) is 0.480. The fourth-order valence-corrected chi connectivity index (χ4v) is 3.62. The molecule has 1 saturated heterocycles. The minimum absolute atomic E-state index is 0.244. The van der Waals surface area contributed by atoms with Crippen molar-refractivity contribution in [1.29, 1.82) is 0 Å². The zero-order chi connectivity index (χ0) is 14.0. The van der Waals surface area contributed by atoms with E-state index in [0.717, 1.165) is 6.42 Å². The van der Waals surface area contributed by atoms with Gasteiger partial charge in [0.1, 0.15) is 11.2 Å². The largest absolute Gasteiger partial charge is 0.353 e. The first-order chi connectivity index (χ1) is 9.68. The zero-order valence-corrected chi connectivity index (χ0v) is 11.8. The number of aliphatic imine (C=N–C) groups is 1. The highest BCUT2D eigenvalue weighted by molar-refractivity contribution is 7.89. The van der Waals surface area contributed by atoms with Crippen LogP contribution in [0.1, 0.15) is 12.8 Å². The van der Waals surface area contributed by atoms with E-state index < -0.39 is 10.0 Å². The van der Waals surface area contributed by atoms with Gasteiger partial charge in [-0.05, 0) is 18.6 Å². The quantitative estimate of drug-likeness (QED) is 0.847. The summed E-state index contributed by atoms with van der Waals surface area (Å²) in [6.07, 6.45) is 2.41. The molecule has 1 aromatic rings. The van der Waals surface area contributed by atoms with Gasteiger partial charge in [-0.2, -0.15) is 0 Å². The summed E-state index contributed by atoms with van der Waals surface area (Å²) in [5.74, 6) is 0. The Morgan fingerprint density at radius 3 is 2.80 bits per heavy atom. The Morgan fingerprint density at radius 1 is 1.25 bits per heavy atom. The van der Waals surface area contributed by atoms with Gasteiger partial charge in [-0.3, -0.25) is 4.31 Å². The Bertz CT molecular complexity index is 609. The van der Waals surface area contributed by atoms with Crippen molar-refractivity contribution in [1.82, 2.24) is 4.31 Å². The van der Waals surface area contributed by atoms with Gasteiger partial charge in [-0.1, -0.05) is 12.1 Å². The van der Waals surface area contributed by atoms with Gasteiger partial charge in [-0.25, -0.2) is 13.4 Å². The molecule has 108 valence electrons. The lowest BCUT2D eigenvalue weighted by Gasteiger charge is -2.27. The van der Waals surface area contributed by atoms with E-state index in [4.69, 9.17) is 9.47 Å². The zero-order valence-electron chi connectivity index (χ0n) is 10.9. The molecule has 0 saturated carbocycles. The van der Waals surface area contributed by atoms with Gasteiger partial charge in [0.15, 0.2) is 6.29 Å². The molecule has 6 nitrogen and oxygen atoms in total. The standard InChI is InChI=1S/C13H16N2O4S/c16-20(17)12-5-2-1-4-11(12)14-10-15(20)7-6-13-18-8-3-9-19-13/h1-2,4-5,10,13H,3,6-9H2. The molecule has 0 radical (unpaired) electrons. The maximum Gasteiger partial charge on any atom is 0.267 e. The number of sulfonamides is 1. The Labute approximate surface area is 118 Å². The molecule has 20 heavy (non-hydrogen) atoms. The molecule has 0 spiro atoms. The van der Waals surface area contributed by atoms with Crippen LogP contribution >= 0.6 is 0 Å². The normalized spacial score (nSPS) is 21.7. The van der Waals surface area contributed by atoms with Crippen molar-refractivity contribution in [3.63, 3.8) is 0 Å². The highest BCUT2D eigenvalue weighted by atomic mass is 32.2. The van der Waals surface area contributed by atoms with Crippen LogP contribution in [0.2, 0.25) is 0 Å². The summed E-state index contributed by atoms with van der Waals surface area (Å²) >= 11 is 0. The highest BCUT2D eigenvalue weighted by Gasteiger charge is 2.29. The van der Waals surface area contributed by atoms with Gasteiger partial charge >= 0.3 is 0 Å². The van der Waals surface area contributed by atoms with Gasteiger partial charge in [0, 0.05) is 13.0 Å². The maximum atomic E-state index is 12.4. The lowest BCUT2D eigenvalue weighted by atomic mass is 10.3. The Balaban J connectivity index is 1.72.